The number of nitrogens with two attached hydrogens (primary N) is 1. The molecule has 1 amide bonds. The average molecular weight is 295 g/mol. The van der Waals surface area contributed by atoms with Crippen molar-refractivity contribution < 1.29 is 19.4 Å². The number of ether oxygens (including phenoxy) is 1. The summed E-state index contributed by atoms with van der Waals surface area (Å²) in [4.78, 5) is 25.0. The number of esters is 1. The molecule has 0 bridgehead atoms. The molecule has 3 N–H and O–H groups in total. The summed E-state index contributed by atoms with van der Waals surface area (Å²) in [7, 11) is 1.27. The Labute approximate surface area is 119 Å². The number of amides is 1. The van der Waals surface area contributed by atoms with E-state index in [2.05, 4.69) is 4.74 Å². The molecule has 1 heterocycles. The third kappa shape index (κ3) is 4.63. The monoisotopic (exact) mass is 294 g/mol. The first kappa shape index (κ1) is 18.1. The molecule has 1 rings (SSSR count). The van der Waals surface area contributed by atoms with Crippen molar-refractivity contribution in [3.63, 3.8) is 0 Å². The summed E-state index contributed by atoms with van der Waals surface area (Å²) in [5.74, 6) is -0.500. The van der Waals surface area contributed by atoms with E-state index in [9.17, 15) is 14.7 Å². The van der Waals surface area contributed by atoms with Crippen LogP contribution in [0.25, 0.3) is 0 Å². The molecule has 0 aromatic carbocycles. The molecule has 0 aromatic heterocycles. The summed E-state index contributed by atoms with van der Waals surface area (Å²) in [6.45, 7) is 4.10. The van der Waals surface area contributed by atoms with Gasteiger partial charge in [0.2, 0.25) is 5.91 Å². The van der Waals surface area contributed by atoms with Crippen LogP contribution < -0.4 is 5.73 Å². The van der Waals surface area contributed by atoms with Crippen molar-refractivity contribution in [1.82, 2.24) is 4.90 Å². The Morgan fingerprint density at radius 1 is 1.47 bits per heavy atom. The van der Waals surface area contributed by atoms with E-state index < -0.39 is 24.2 Å². The fourth-order valence-corrected chi connectivity index (χ4v) is 2.24. The average Bonchev–Trinajstić information content (AvgIpc) is 2.68. The Kier molecular flexibility index (Phi) is 7.33. The second-order valence-corrected chi connectivity index (χ2v) is 5.16. The van der Waals surface area contributed by atoms with E-state index in [0.29, 0.717) is 12.3 Å². The molecule has 1 aliphatic rings. The minimum absolute atomic E-state index is 0. The van der Waals surface area contributed by atoms with Crippen molar-refractivity contribution in [3.8, 4) is 0 Å². The quantitative estimate of drug-likeness (QED) is 0.707. The number of carbonyl (C=O) groups is 2. The number of nitrogens with zero attached hydrogens (tertiary/aromatic N) is 1. The molecule has 0 aromatic rings. The van der Waals surface area contributed by atoms with E-state index in [1.807, 2.05) is 13.8 Å². The van der Waals surface area contributed by atoms with Crippen LogP contribution in [-0.2, 0) is 14.3 Å². The standard InChI is InChI=1S/C12H22N2O4.ClH/c1-7(2)4-9(13)11(16)14-6-8(15)5-10(14)12(17)18-3;/h7-10,15H,4-6,13H2,1-3H3;1H/t8-,9+,10+;/m1./s1. The van der Waals surface area contributed by atoms with Gasteiger partial charge in [-0.2, -0.15) is 0 Å². The number of hydrogen-bond donors (Lipinski definition) is 2. The van der Waals surface area contributed by atoms with Gasteiger partial charge in [0, 0.05) is 13.0 Å². The summed E-state index contributed by atoms with van der Waals surface area (Å²) in [5, 5.41) is 9.58. The fraction of sp³-hybridized carbons (Fsp3) is 0.833. The third-order valence-electron chi connectivity index (χ3n) is 3.08. The van der Waals surface area contributed by atoms with E-state index in [1.54, 1.807) is 0 Å². The zero-order valence-electron chi connectivity index (χ0n) is 11.5. The second-order valence-electron chi connectivity index (χ2n) is 5.16. The topological polar surface area (TPSA) is 92.9 Å². The van der Waals surface area contributed by atoms with E-state index in [1.165, 1.54) is 12.0 Å². The zero-order valence-corrected chi connectivity index (χ0v) is 12.4. The van der Waals surface area contributed by atoms with E-state index >= 15 is 0 Å². The Morgan fingerprint density at radius 3 is 2.53 bits per heavy atom. The Morgan fingerprint density at radius 2 is 2.05 bits per heavy atom. The van der Waals surface area contributed by atoms with Gasteiger partial charge in [-0.3, -0.25) is 4.79 Å². The normalized spacial score (nSPS) is 24.0. The van der Waals surface area contributed by atoms with Gasteiger partial charge < -0.3 is 20.5 Å². The Balaban J connectivity index is 0.00000324. The summed E-state index contributed by atoms with van der Waals surface area (Å²) < 4.78 is 4.64. The molecule has 0 unspecified atom stereocenters. The van der Waals surface area contributed by atoms with Crippen LogP contribution in [0.15, 0.2) is 0 Å². The highest BCUT2D eigenvalue weighted by atomic mass is 35.5. The smallest absolute Gasteiger partial charge is 0.328 e. The first-order chi connectivity index (χ1) is 8.36. The van der Waals surface area contributed by atoms with Crippen LogP contribution in [0.4, 0.5) is 0 Å². The largest absolute Gasteiger partial charge is 0.467 e. The molecule has 6 nitrogen and oxygen atoms in total. The van der Waals surface area contributed by atoms with Crippen molar-refractivity contribution in [1.29, 1.82) is 0 Å². The Bertz CT molecular complexity index is 325. The van der Waals surface area contributed by atoms with E-state index in [0.717, 1.165) is 0 Å². The van der Waals surface area contributed by atoms with Crippen LogP contribution >= 0.6 is 12.4 Å². The first-order valence-corrected chi connectivity index (χ1v) is 6.18. The number of halogens is 1. The molecule has 7 heteroatoms. The molecule has 1 fully saturated rings. The number of β-amino-alcohol motifs (C(OH)–C–C–N with tert-alkyl or cyclic N) is 1. The van der Waals surface area contributed by atoms with Crippen LogP contribution in [0.1, 0.15) is 26.7 Å². The van der Waals surface area contributed by atoms with Gasteiger partial charge in [0.05, 0.1) is 19.3 Å². The number of methoxy groups -OCH3 is 1. The second kappa shape index (κ2) is 7.67. The van der Waals surface area contributed by atoms with Crippen molar-refractivity contribution in [2.45, 2.75) is 44.9 Å². The summed E-state index contributed by atoms with van der Waals surface area (Å²) in [5.41, 5.74) is 5.82. The molecule has 1 aliphatic heterocycles. The molecule has 19 heavy (non-hydrogen) atoms. The molecule has 0 spiro atoms. The van der Waals surface area contributed by atoms with E-state index in [-0.39, 0.29) is 31.3 Å². The van der Waals surface area contributed by atoms with Gasteiger partial charge in [-0.15, -0.1) is 12.4 Å². The SMILES string of the molecule is COC(=O)[C@@H]1C[C@@H](O)CN1C(=O)[C@@H](N)CC(C)C.Cl. The van der Waals surface area contributed by atoms with Gasteiger partial charge in [-0.05, 0) is 12.3 Å². The molecule has 112 valence electrons. The highest BCUT2D eigenvalue weighted by Gasteiger charge is 2.41. The number of aliphatic hydroxyl groups is 1. The van der Waals surface area contributed by atoms with Crippen LogP contribution in [0.5, 0.6) is 0 Å². The molecule has 0 radical (unpaired) electrons. The first-order valence-electron chi connectivity index (χ1n) is 6.18. The minimum Gasteiger partial charge on any atom is -0.467 e. The lowest BCUT2D eigenvalue weighted by atomic mass is 10.0. The highest BCUT2D eigenvalue weighted by Crippen LogP contribution is 2.21. The molecular formula is C12H23ClN2O4. The summed E-state index contributed by atoms with van der Waals surface area (Å²) >= 11 is 0. The molecule has 0 aliphatic carbocycles. The lowest BCUT2D eigenvalue weighted by Gasteiger charge is -2.26. The van der Waals surface area contributed by atoms with Gasteiger partial charge in [0.25, 0.3) is 0 Å². The molecule has 1 saturated heterocycles. The number of aliphatic hydroxyl groups excluding tert-OH is 1. The fourth-order valence-electron chi connectivity index (χ4n) is 2.24. The highest BCUT2D eigenvalue weighted by molar-refractivity contribution is 5.88. The lowest BCUT2D eigenvalue weighted by molar-refractivity contribution is -0.151. The third-order valence-corrected chi connectivity index (χ3v) is 3.08. The van der Waals surface area contributed by atoms with Gasteiger partial charge in [-0.1, -0.05) is 13.8 Å². The van der Waals surface area contributed by atoms with Gasteiger partial charge in [-0.25, -0.2) is 4.79 Å². The van der Waals surface area contributed by atoms with Crippen molar-refractivity contribution >= 4 is 24.3 Å². The van der Waals surface area contributed by atoms with Gasteiger partial charge in [0.15, 0.2) is 0 Å². The predicted octanol–water partition coefficient (Wildman–Crippen LogP) is -0.0836. The number of likely N-dealkylation sites (tertiary alicyclic amines) is 1. The predicted molar refractivity (Wildman–Crippen MR) is 72.8 cm³/mol. The van der Waals surface area contributed by atoms with Crippen molar-refractivity contribution in [3.05, 3.63) is 0 Å². The maximum absolute atomic E-state index is 12.1. The van der Waals surface area contributed by atoms with Gasteiger partial charge in [0.1, 0.15) is 6.04 Å². The maximum atomic E-state index is 12.1. The number of hydrogen-bond acceptors (Lipinski definition) is 5. The van der Waals surface area contributed by atoms with Crippen molar-refractivity contribution in [2.24, 2.45) is 11.7 Å². The molecular weight excluding hydrogens is 272 g/mol. The van der Waals surface area contributed by atoms with Crippen molar-refractivity contribution in [2.75, 3.05) is 13.7 Å². The zero-order chi connectivity index (χ0) is 13.9. The van der Waals surface area contributed by atoms with Crippen LogP contribution in [0.2, 0.25) is 0 Å². The van der Waals surface area contributed by atoms with Gasteiger partial charge >= 0.3 is 5.97 Å². The Hall–Kier alpha value is -0.850. The lowest BCUT2D eigenvalue weighted by Crippen LogP contribution is -2.49. The summed E-state index contributed by atoms with van der Waals surface area (Å²) in [6.07, 6.45) is 0.0795. The number of carbonyl (C=O) groups excluding carboxylic acids is 2. The molecule has 3 atom stereocenters. The van der Waals surface area contributed by atoms with Crippen LogP contribution in [0, 0.1) is 5.92 Å². The van der Waals surface area contributed by atoms with Crippen LogP contribution in [0.3, 0.4) is 0 Å². The molecule has 0 saturated carbocycles. The van der Waals surface area contributed by atoms with E-state index in [4.69, 9.17) is 5.73 Å². The van der Waals surface area contributed by atoms with Crippen LogP contribution in [-0.4, -0.2) is 53.7 Å². The maximum Gasteiger partial charge on any atom is 0.328 e. The number of rotatable bonds is 4. The summed E-state index contributed by atoms with van der Waals surface area (Å²) in [6, 6.07) is -1.35. The minimum atomic E-state index is -0.712.